The van der Waals surface area contributed by atoms with Crippen LogP contribution >= 0.6 is 0 Å². The van der Waals surface area contributed by atoms with Crippen LogP contribution in [0.15, 0.2) is 30.3 Å². The minimum Gasteiger partial charge on any atom is -0.388 e. The van der Waals surface area contributed by atoms with Crippen LogP contribution in [0.3, 0.4) is 0 Å². The van der Waals surface area contributed by atoms with Gasteiger partial charge in [-0.25, -0.2) is 0 Å². The zero-order chi connectivity index (χ0) is 14.1. The Morgan fingerprint density at radius 2 is 1.75 bits per heavy atom. The van der Waals surface area contributed by atoms with E-state index >= 15 is 0 Å². The van der Waals surface area contributed by atoms with Gasteiger partial charge in [0.05, 0.1) is 6.10 Å². The van der Waals surface area contributed by atoms with E-state index in [1.54, 1.807) is 0 Å². The Labute approximate surface area is 120 Å². The highest BCUT2D eigenvalue weighted by Gasteiger charge is 2.14. The smallest absolute Gasteiger partial charge is 0.0831 e. The van der Waals surface area contributed by atoms with E-state index in [2.05, 4.69) is 23.2 Å². The van der Waals surface area contributed by atoms with Crippen LogP contribution in [0.2, 0.25) is 0 Å². The van der Waals surface area contributed by atoms with E-state index in [9.17, 15) is 5.11 Å². The molecule has 1 heterocycles. The molecular weight excluding hydrogens is 246 g/mol. The Kier molecular flexibility index (Phi) is 3.58. The van der Waals surface area contributed by atoms with Gasteiger partial charge in [-0.1, -0.05) is 18.2 Å². The first kappa shape index (κ1) is 13.3. The Balaban J connectivity index is 1.80. The zero-order valence-electron chi connectivity index (χ0n) is 12.2. The molecule has 0 amide bonds. The third-order valence-electron chi connectivity index (χ3n) is 4.08. The Morgan fingerprint density at radius 3 is 2.50 bits per heavy atom. The first-order valence-corrected chi connectivity index (χ1v) is 7.36. The lowest BCUT2D eigenvalue weighted by Crippen LogP contribution is -2.04. The summed E-state index contributed by atoms with van der Waals surface area (Å²) in [5.41, 5.74) is 7.08. The lowest BCUT2D eigenvalue weighted by Gasteiger charge is -2.13. The number of rotatable bonds is 3. The number of hydrogen-bond acceptors (Lipinski definition) is 2. The average molecular weight is 267 g/mol. The van der Waals surface area contributed by atoms with Crippen molar-refractivity contribution in [3.05, 3.63) is 64.0 Å². The fraction of sp³-hybridized carbons (Fsp3) is 0.389. The topological polar surface area (TPSA) is 33.1 Å². The molecule has 0 radical (unpaired) electrons. The summed E-state index contributed by atoms with van der Waals surface area (Å²) in [6, 6.07) is 10.6. The normalized spacial score (nSPS) is 15.2. The van der Waals surface area contributed by atoms with E-state index in [0.717, 1.165) is 17.0 Å². The summed E-state index contributed by atoms with van der Waals surface area (Å²) in [7, 11) is 0. The van der Waals surface area contributed by atoms with Gasteiger partial charge in [0.15, 0.2) is 0 Å². The number of aliphatic hydroxyl groups is 1. The summed E-state index contributed by atoms with van der Waals surface area (Å²) in [6.07, 6.45) is 3.89. The second kappa shape index (κ2) is 5.37. The predicted octanol–water partition coefficient (Wildman–Crippen LogP) is 3.46. The van der Waals surface area contributed by atoms with Crippen molar-refractivity contribution >= 4 is 0 Å². The third kappa shape index (κ3) is 2.75. The summed E-state index contributed by atoms with van der Waals surface area (Å²) in [4.78, 5) is 4.36. The van der Waals surface area contributed by atoms with Crippen LogP contribution in [0.4, 0.5) is 0 Å². The van der Waals surface area contributed by atoms with Gasteiger partial charge in [0.1, 0.15) is 0 Å². The van der Waals surface area contributed by atoms with Crippen LogP contribution in [0.1, 0.15) is 46.2 Å². The molecule has 20 heavy (non-hydrogen) atoms. The SMILES string of the molecule is Cc1cc(C(O)Cc2ccc3c(c2)CCC3)cc(C)n1. The molecule has 1 unspecified atom stereocenters. The van der Waals surface area contributed by atoms with Crippen LogP contribution in [-0.2, 0) is 19.3 Å². The molecule has 0 fully saturated rings. The molecule has 1 atom stereocenters. The lowest BCUT2D eigenvalue weighted by atomic mass is 9.98. The number of benzene rings is 1. The summed E-state index contributed by atoms with van der Waals surface area (Å²) in [6.45, 7) is 3.94. The van der Waals surface area contributed by atoms with Crippen molar-refractivity contribution < 1.29 is 5.11 Å². The molecule has 1 aromatic heterocycles. The van der Waals surface area contributed by atoms with Crippen molar-refractivity contribution in [1.82, 2.24) is 4.98 Å². The maximum Gasteiger partial charge on any atom is 0.0831 e. The molecule has 0 aliphatic heterocycles. The lowest BCUT2D eigenvalue weighted by molar-refractivity contribution is 0.178. The van der Waals surface area contributed by atoms with Gasteiger partial charge in [0, 0.05) is 17.8 Å². The molecule has 0 saturated heterocycles. The highest BCUT2D eigenvalue weighted by Crippen LogP contribution is 2.25. The standard InChI is InChI=1S/C18H21NO/c1-12-8-17(9-13(2)19-12)18(20)11-14-6-7-15-4-3-5-16(15)10-14/h6-10,18,20H,3-5,11H2,1-2H3. The quantitative estimate of drug-likeness (QED) is 0.923. The molecule has 2 nitrogen and oxygen atoms in total. The van der Waals surface area contributed by atoms with E-state index < -0.39 is 6.10 Å². The van der Waals surface area contributed by atoms with E-state index in [1.165, 1.54) is 36.0 Å². The molecule has 0 saturated carbocycles. The van der Waals surface area contributed by atoms with E-state index in [0.29, 0.717) is 6.42 Å². The monoisotopic (exact) mass is 267 g/mol. The molecule has 1 aliphatic carbocycles. The second-order valence-electron chi connectivity index (χ2n) is 5.86. The number of hydrogen-bond donors (Lipinski definition) is 1. The van der Waals surface area contributed by atoms with Gasteiger partial charge in [-0.05, 0) is 67.5 Å². The van der Waals surface area contributed by atoms with Gasteiger partial charge in [-0.15, -0.1) is 0 Å². The summed E-state index contributed by atoms with van der Waals surface area (Å²) in [5.74, 6) is 0. The molecule has 1 aromatic carbocycles. The molecular formula is C18H21NO. The van der Waals surface area contributed by atoms with Gasteiger partial charge in [0.25, 0.3) is 0 Å². The molecule has 2 aromatic rings. The second-order valence-corrected chi connectivity index (χ2v) is 5.86. The highest BCUT2D eigenvalue weighted by molar-refractivity contribution is 5.36. The van der Waals surface area contributed by atoms with Crippen molar-refractivity contribution in [2.24, 2.45) is 0 Å². The maximum absolute atomic E-state index is 10.4. The van der Waals surface area contributed by atoms with Gasteiger partial charge in [-0.2, -0.15) is 0 Å². The number of nitrogens with zero attached hydrogens (tertiary/aromatic N) is 1. The van der Waals surface area contributed by atoms with E-state index in [-0.39, 0.29) is 0 Å². The zero-order valence-corrected chi connectivity index (χ0v) is 12.2. The maximum atomic E-state index is 10.4. The van der Waals surface area contributed by atoms with Crippen LogP contribution < -0.4 is 0 Å². The van der Waals surface area contributed by atoms with Gasteiger partial charge >= 0.3 is 0 Å². The number of fused-ring (bicyclic) bond motifs is 1. The molecule has 2 heteroatoms. The molecule has 3 rings (SSSR count). The van der Waals surface area contributed by atoms with Crippen molar-refractivity contribution in [1.29, 1.82) is 0 Å². The minimum atomic E-state index is -0.449. The van der Waals surface area contributed by atoms with Gasteiger partial charge in [-0.3, -0.25) is 4.98 Å². The summed E-state index contributed by atoms with van der Waals surface area (Å²) in [5, 5.41) is 10.4. The molecule has 1 N–H and O–H groups in total. The molecule has 104 valence electrons. The number of pyridine rings is 1. The summed E-state index contributed by atoms with van der Waals surface area (Å²) >= 11 is 0. The number of aryl methyl sites for hydroxylation is 4. The van der Waals surface area contributed by atoms with E-state index in [1.807, 2.05) is 26.0 Å². The molecule has 1 aliphatic rings. The van der Waals surface area contributed by atoms with Crippen LogP contribution in [0.25, 0.3) is 0 Å². The largest absolute Gasteiger partial charge is 0.388 e. The average Bonchev–Trinajstić information content (AvgIpc) is 2.85. The van der Waals surface area contributed by atoms with Crippen LogP contribution in [0, 0.1) is 13.8 Å². The van der Waals surface area contributed by atoms with Crippen molar-refractivity contribution in [2.75, 3.05) is 0 Å². The fourth-order valence-corrected chi connectivity index (χ4v) is 3.15. The highest BCUT2D eigenvalue weighted by atomic mass is 16.3. The fourth-order valence-electron chi connectivity index (χ4n) is 3.15. The Morgan fingerprint density at radius 1 is 1.05 bits per heavy atom. The minimum absolute atomic E-state index is 0.449. The Bertz CT molecular complexity index is 613. The van der Waals surface area contributed by atoms with Crippen LogP contribution in [-0.4, -0.2) is 10.1 Å². The third-order valence-corrected chi connectivity index (χ3v) is 4.08. The predicted molar refractivity (Wildman–Crippen MR) is 80.8 cm³/mol. The van der Waals surface area contributed by atoms with Crippen LogP contribution in [0.5, 0.6) is 0 Å². The van der Waals surface area contributed by atoms with Crippen molar-refractivity contribution in [3.8, 4) is 0 Å². The molecule has 0 bridgehead atoms. The van der Waals surface area contributed by atoms with E-state index in [4.69, 9.17) is 0 Å². The van der Waals surface area contributed by atoms with Gasteiger partial charge < -0.3 is 5.11 Å². The number of aromatic nitrogens is 1. The van der Waals surface area contributed by atoms with Gasteiger partial charge in [0.2, 0.25) is 0 Å². The van der Waals surface area contributed by atoms with Crippen molar-refractivity contribution in [2.45, 2.75) is 45.6 Å². The number of aliphatic hydroxyl groups excluding tert-OH is 1. The first-order valence-electron chi connectivity index (χ1n) is 7.36. The first-order chi connectivity index (χ1) is 9.61. The Hall–Kier alpha value is -1.67. The molecule has 0 spiro atoms. The van der Waals surface area contributed by atoms with Crippen molar-refractivity contribution in [3.63, 3.8) is 0 Å². The summed E-state index contributed by atoms with van der Waals surface area (Å²) < 4.78 is 0.